The highest BCUT2D eigenvalue weighted by Gasteiger charge is 2.13. The van der Waals surface area contributed by atoms with Crippen LogP contribution in [0.2, 0.25) is 0 Å². The number of pyridine rings is 1. The summed E-state index contributed by atoms with van der Waals surface area (Å²) in [6.07, 6.45) is 5.25. The summed E-state index contributed by atoms with van der Waals surface area (Å²) in [7, 11) is 1.62. The number of nitrogens with one attached hydrogen (secondary N) is 2. The Morgan fingerprint density at radius 3 is 2.87 bits per heavy atom. The van der Waals surface area contributed by atoms with Crippen LogP contribution in [-0.4, -0.2) is 32.3 Å². The largest absolute Gasteiger partial charge is 0.494 e. The second kappa shape index (κ2) is 5.13. The lowest BCUT2D eigenvalue weighted by Gasteiger charge is -2.04. The molecule has 0 fully saturated rings. The standard InChI is InChI=1S/C16H14N6O/c1-23-13-4-2-3-12-14(13)22-16(21-12)11-5-9(6-18-15(11)17)10-7-19-20-8-10/h2-8H,1H3,(H2,17,18)(H,19,20)(H,21,22). The minimum absolute atomic E-state index is 0.412. The first-order valence-electron chi connectivity index (χ1n) is 7.04. The van der Waals surface area contributed by atoms with Crippen molar-refractivity contribution >= 4 is 16.9 Å². The summed E-state index contributed by atoms with van der Waals surface area (Å²) < 4.78 is 5.35. The number of aromatic nitrogens is 5. The second-order valence-corrected chi connectivity index (χ2v) is 5.09. The Balaban J connectivity index is 1.89. The van der Waals surface area contributed by atoms with Gasteiger partial charge in [0.05, 0.1) is 24.4 Å². The molecule has 7 heteroatoms. The molecule has 0 amide bonds. The average molecular weight is 306 g/mol. The number of methoxy groups -OCH3 is 1. The number of imidazole rings is 1. The minimum atomic E-state index is 0.412. The van der Waals surface area contributed by atoms with Crippen LogP contribution in [0.25, 0.3) is 33.5 Å². The lowest BCUT2D eigenvalue weighted by Crippen LogP contribution is -1.95. The molecule has 3 heterocycles. The molecule has 3 aromatic heterocycles. The van der Waals surface area contributed by atoms with Gasteiger partial charge in [-0.2, -0.15) is 5.10 Å². The van der Waals surface area contributed by atoms with Crippen LogP contribution >= 0.6 is 0 Å². The van der Waals surface area contributed by atoms with Crippen LogP contribution in [0, 0.1) is 0 Å². The highest BCUT2D eigenvalue weighted by molar-refractivity contribution is 5.87. The number of nitrogens with two attached hydrogens (primary N) is 1. The molecule has 23 heavy (non-hydrogen) atoms. The number of fused-ring (bicyclic) bond motifs is 1. The number of rotatable bonds is 3. The number of H-pyrrole nitrogens is 2. The maximum atomic E-state index is 6.04. The molecule has 1 aromatic carbocycles. The van der Waals surface area contributed by atoms with Gasteiger partial charge in [-0.25, -0.2) is 9.97 Å². The molecule has 0 unspecified atom stereocenters. The fraction of sp³-hybridized carbons (Fsp3) is 0.0625. The first-order valence-corrected chi connectivity index (χ1v) is 7.04. The van der Waals surface area contributed by atoms with E-state index in [4.69, 9.17) is 10.5 Å². The third-order valence-electron chi connectivity index (χ3n) is 3.70. The summed E-state index contributed by atoms with van der Waals surface area (Å²) >= 11 is 0. The molecular formula is C16H14N6O. The number of hydrogen-bond donors (Lipinski definition) is 3. The summed E-state index contributed by atoms with van der Waals surface area (Å²) in [6, 6.07) is 7.67. The second-order valence-electron chi connectivity index (χ2n) is 5.09. The molecule has 4 aromatic rings. The number of anilines is 1. The number of ether oxygens (including phenoxy) is 1. The summed E-state index contributed by atoms with van der Waals surface area (Å²) in [5.41, 5.74) is 10.3. The molecule has 0 bridgehead atoms. The molecule has 0 spiro atoms. The molecular weight excluding hydrogens is 292 g/mol. The van der Waals surface area contributed by atoms with Crippen molar-refractivity contribution in [2.45, 2.75) is 0 Å². The van der Waals surface area contributed by atoms with E-state index in [1.807, 2.05) is 24.3 Å². The Labute approximate surface area is 131 Å². The van der Waals surface area contributed by atoms with Crippen molar-refractivity contribution in [3.8, 4) is 28.3 Å². The predicted octanol–water partition coefficient (Wildman–Crippen LogP) is 2.61. The normalized spacial score (nSPS) is 11.0. The van der Waals surface area contributed by atoms with Crippen LogP contribution in [0.3, 0.4) is 0 Å². The Morgan fingerprint density at radius 1 is 1.17 bits per heavy atom. The number of nitrogen functional groups attached to an aromatic ring is 1. The van der Waals surface area contributed by atoms with Crippen molar-refractivity contribution in [1.29, 1.82) is 0 Å². The predicted molar refractivity (Wildman–Crippen MR) is 87.9 cm³/mol. The summed E-state index contributed by atoms with van der Waals surface area (Å²) in [5.74, 6) is 1.78. The van der Waals surface area contributed by atoms with Crippen molar-refractivity contribution in [2.75, 3.05) is 12.8 Å². The van der Waals surface area contributed by atoms with Gasteiger partial charge in [0.2, 0.25) is 0 Å². The number of aromatic amines is 2. The molecule has 0 aliphatic heterocycles. The average Bonchev–Trinajstić information content (AvgIpc) is 3.24. The topological polar surface area (TPSA) is 106 Å². The Kier molecular flexibility index (Phi) is 2.97. The van der Waals surface area contributed by atoms with Gasteiger partial charge in [-0.3, -0.25) is 5.10 Å². The van der Waals surface area contributed by atoms with Gasteiger partial charge >= 0.3 is 0 Å². The lowest BCUT2D eigenvalue weighted by atomic mass is 10.1. The zero-order valence-electron chi connectivity index (χ0n) is 12.4. The van der Waals surface area contributed by atoms with Crippen molar-refractivity contribution < 1.29 is 4.74 Å². The van der Waals surface area contributed by atoms with Gasteiger partial charge in [0.25, 0.3) is 0 Å². The SMILES string of the molecule is COc1cccc2[nH]c(-c3cc(-c4cn[nH]c4)cnc3N)nc12. The first-order chi connectivity index (χ1) is 11.3. The summed E-state index contributed by atoms with van der Waals surface area (Å²) in [6.45, 7) is 0. The van der Waals surface area contributed by atoms with E-state index in [0.717, 1.165) is 27.7 Å². The number of nitrogens with zero attached hydrogens (tertiary/aromatic N) is 3. The molecule has 0 saturated heterocycles. The maximum Gasteiger partial charge on any atom is 0.146 e. The Morgan fingerprint density at radius 2 is 2.09 bits per heavy atom. The van der Waals surface area contributed by atoms with Crippen molar-refractivity contribution in [2.24, 2.45) is 0 Å². The van der Waals surface area contributed by atoms with E-state index in [0.29, 0.717) is 17.4 Å². The Bertz CT molecular complexity index is 974. The highest BCUT2D eigenvalue weighted by Crippen LogP contribution is 2.31. The van der Waals surface area contributed by atoms with E-state index < -0.39 is 0 Å². The number of benzene rings is 1. The van der Waals surface area contributed by atoms with Crippen molar-refractivity contribution in [1.82, 2.24) is 25.1 Å². The fourth-order valence-electron chi connectivity index (χ4n) is 2.53. The molecule has 0 radical (unpaired) electrons. The van der Waals surface area contributed by atoms with Gasteiger partial charge in [0, 0.05) is 23.5 Å². The molecule has 0 aliphatic carbocycles. The fourth-order valence-corrected chi connectivity index (χ4v) is 2.53. The zero-order chi connectivity index (χ0) is 15.8. The van der Waals surface area contributed by atoms with Gasteiger partial charge in [-0.05, 0) is 18.2 Å². The number of hydrogen-bond acceptors (Lipinski definition) is 5. The van der Waals surface area contributed by atoms with Crippen LogP contribution in [0.4, 0.5) is 5.82 Å². The molecule has 4 rings (SSSR count). The van der Waals surface area contributed by atoms with Crippen LogP contribution < -0.4 is 10.5 Å². The van der Waals surface area contributed by atoms with Gasteiger partial charge < -0.3 is 15.5 Å². The maximum absolute atomic E-state index is 6.04. The lowest BCUT2D eigenvalue weighted by molar-refractivity contribution is 0.419. The van der Waals surface area contributed by atoms with Crippen LogP contribution in [0.15, 0.2) is 42.9 Å². The summed E-state index contributed by atoms with van der Waals surface area (Å²) in [5, 5.41) is 6.75. The third-order valence-corrected chi connectivity index (χ3v) is 3.70. The van der Waals surface area contributed by atoms with Gasteiger partial charge in [0.15, 0.2) is 0 Å². The smallest absolute Gasteiger partial charge is 0.146 e. The minimum Gasteiger partial charge on any atom is -0.494 e. The monoisotopic (exact) mass is 306 g/mol. The number of para-hydroxylation sites is 1. The first kappa shape index (κ1) is 13.3. The summed E-state index contributed by atoms with van der Waals surface area (Å²) in [4.78, 5) is 12.1. The van der Waals surface area contributed by atoms with E-state index in [1.165, 1.54) is 0 Å². The Hall–Kier alpha value is -3.35. The van der Waals surface area contributed by atoms with Crippen LogP contribution in [0.5, 0.6) is 5.75 Å². The van der Waals surface area contributed by atoms with E-state index in [9.17, 15) is 0 Å². The molecule has 4 N–H and O–H groups in total. The molecule has 114 valence electrons. The van der Waals surface area contributed by atoms with Crippen LogP contribution in [-0.2, 0) is 0 Å². The molecule has 0 aliphatic rings. The van der Waals surface area contributed by atoms with Gasteiger partial charge in [0.1, 0.15) is 22.9 Å². The molecule has 0 atom stereocenters. The van der Waals surface area contributed by atoms with Crippen molar-refractivity contribution in [3.63, 3.8) is 0 Å². The van der Waals surface area contributed by atoms with E-state index in [1.54, 1.807) is 25.7 Å². The van der Waals surface area contributed by atoms with Gasteiger partial charge in [-0.15, -0.1) is 0 Å². The van der Waals surface area contributed by atoms with E-state index in [-0.39, 0.29) is 0 Å². The highest BCUT2D eigenvalue weighted by atomic mass is 16.5. The third kappa shape index (κ3) is 2.18. The molecule has 7 nitrogen and oxygen atoms in total. The quantitative estimate of drug-likeness (QED) is 0.539. The van der Waals surface area contributed by atoms with E-state index >= 15 is 0 Å². The van der Waals surface area contributed by atoms with Crippen LogP contribution in [0.1, 0.15) is 0 Å². The zero-order valence-corrected chi connectivity index (χ0v) is 12.4. The van der Waals surface area contributed by atoms with Gasteiger partial charge in [-0.1, -0.05) is 6.07 Å². The van der Waals surface area contributed by atoms with E-state index in [2.05, 4.69) is 25.1 Å². The molecule has 0 saturated carbocycles. The van der Waals surface area contributed by atoms with Crippen molar-refractivity contribution in [3.05, 3.63) is 42.9 Å².